The van der Waals surface area contributed by atoms with Crippen LogP contribution in [0.2, 0.25) is 0 Å². The van der Waals surface area contributed by atoms with E-state index >= 15 is 0 Å². The zero-order chi connectivity index (χ0) is 14.8. The molecule has 0 bridgehead atoms. The summed E-state index contributed by atoms with van der Waals surface area (Å²) in [7, 11) is 1.61. The number of H-pyrrole nitrogens is 1. The fourth-order valence-corrected chi connectivity index (χ4v) is 2.10. The number of pyridine rings is 2. The van der Waals surface area contributed by atoms with Gasteiger partial charge in [0, 0.05) is 30.4 Å². The molecule has 0 unspecified atom stereocenters. The Kier molecular flexibility index (Phi) is 3.27. The van der Waals surface area contributed by atoms with Crippen LogP contribution in [0.3, 0.4) is 0 Å². The Morgan fingerprint density at radius 3 is 2.90 bits per heavy atom. The van der Waals surface area contributed by atoms with E-state index in [9.17, 15) is 4.79 Å². The molecule has 6 heteroatoms. The van der Waals surface area contributed by atoms with Gasteiger partial charge in [-0.05, 0) is 18.2 Å². The molecule has 106 valence electrons. The maximum atomic E-state index is 11.1. The molecule has 0 atom stereocenters. The third-order valence-corrected chi connectivity index (χ3v) is 3.05. The number of carbonyl (C=O) groups is 1. The number of carbonyl (C=O) groups excluding carboxylic acids is 1. The molecule has 3 aromatic rings. The van der Waals surface area contributed by atoms with Crippen LogP contribution in [-0.4, -0.2) is 28.0 Å². The van der Waals surface area contributed by atoms with Crippen molar-refractivity contribution in [3.8, 4) is 17.0 Å². The Hall–Kier alpha value is -2.89. The number of fused-ring (bicyclic) bond motifs is 1. The van der Waals surface area contributed by atoms with Gasteiger partial charge in [-0.3, -0.25) is 9.78 Å². The molecular weight excluding hydrogens is 268 g/mol. The first kappa shape index (κ1) is 13.1. The highest BCUT2D eigenvalue weighted by molar-refractivity contribution is 5.89. The number of nitrogens with one attached hydrogen (secondary N) is 2. The second-order valence-corrected chi connectivity index (χ2v) is 4.60. The monoisotopic (exact) mass is 282 g/mol. The van der Waals surface area contributed by atoms with Crippen LogP contribution >= 0.6 is 0 Å². The standard InChI is InChI=1S/C15H14N4O2/c1-9(20)18-15-5-10(3-4-16-15)12-7-13-14(19-12)6-11(21-2)8-17-13/h3-8,19H,1-2H3,(H,16,18,20). The zero-order valence-corrected chi connectivity index (χ0v) is 11.7. The minimum absolute atomic E-state index is 0.150. The first-order valence-electron chi connectivity index (χ1n) is 6.42. The molecule has 0 spiro atoms. The molecule has 0 saturated heterocycles. The lowest BCUT2D eigenvalue weighted by molar-refractivity contribution is -0.114. The normalized spacial score (nSPS) is 10.6. The minimum Gasteiger partial charge on any atom is -0.495 e. The lowest BCUT2D eigenvalue weighted by Crippen LogP contribution is -2.07. The van der Waals surface area contributed by atoms with E-state index in [1.807, 2.05) is 24.3 Å². The maximum Gasteiger partial charge on any atom is 0.222 e. The average molecular weight is 282 g/mol. The van der Waals surface area contributed by atoms with Crippen molar-refractivity contribution < 1.29 is 9.53 Å². The van der Waals surface area contributed by atoms with E-state index in [1.165, 1.54) is 6.92 Å². The number of anilines is 1. The predicted octanol–water partition coefficient (Wildman–Crippen LogP) is 2.59. The summed E-state index contributed by atoms with van der Waals surface area (Å²) in [5.41, 5.74) is 3.57. The average Bonchev–Trinajstić information content (AvgIpc) is 2.89. The smallest absolute Gasteiger partial charge is 0.222 e. The minimum atomic E-state index is -0.150. The van der Waals surface area contributed by atoms with Crippen LogP contribution < -0.4 is 10.1 Å². The molecule has 6 nitrogen and oxygen atoms in total. The number of nitrogens with zero attached hydrogens (tertiary/aromatic N) is 2. The summed E-state index contributed by atoms with van der Waals surface area (Å²) < 4.78 is 5.16. The van der Waals surface area contributed by atoms with Crippen molar-refractivity contribution in [2.75, 3.05) is 12.4 Å². The lowest BCUT2D eigenvalue weighted by Gasteiger charge is -2.03. The number of methoxy groups -OCH3 is 1. The van der Waals surface area contributed by atoms with Crippen LogP contribution in [-0.2, 0) is 4.79 Å². The summed E-state index contributed by atoms with van der Waals surface area (Å²) in [5.74, 6) is 1.07. The molecule has 0 aliphatic heterocycles. The topological polar surface area (TPSA) is 79.9 Å². The molecule has 3 heterocycles. The Bertz CT molecular complexity index is 810. The van der Waals surface area contributed by atoms with Gasteiger partial charge in [-0.15, -0.1) is 0 Å². The van der Waals surface area contributed by atoms with Gasteiger partial charge in [-0.1, -0.05) is 0 Å². The SMILES string of the molecule is COc1cnc2cc(-c3ccnc(NC(C)=O)c3)[nH]c2c1. The van der Waals surface area contributed by atoms with E-state index < -0.39 is 0 Å². The second kappa shape index (κ2) is 5.24. The summed E-state index contributed by atoms with van der Waals surface area (Å²) in [4.78, 5) is 22.8. The molecule has 0 fully saturated rings. The fourth-order valence-electron chi connectivity index (χ4n) is 2.10. The number of rotatable bonds is 3. The van der Waals surface area contributed by atoms with Crippen LogP contribution in [0, 0.1) is 0 Å². The Labute approximate surface area is 121 Å². The van der Waals surface area contributed by atoms with Crippen LogP contribution in [0.1, 0.15) is 6.92 Å². The van der Waals surface area contributed by atoms with E-state index in [0.717, 1.165) is 22.3 Å². The highest BCUT2D eigenvalue weighted by Gasteiger charge is 2.07. The number of aromatic nitrogens is 3. The predicted molar refractivity (Wildman–Crippen MR) is 80.2 cm³/mol. The molecule has 1 amide bonds. The molecule has 3 aromatic heterocycles. The summed E-state index contributed by atoms with van der Waals surface area (Å²) >= 11 is 0. The van der Waals surface area contributed by atoms with Crippen LogP contribution in [0.15, 0.2) is 36.7 Å². The van der Waals surface area contributed by atoms with Gasteiger partial charge in [0.15, 0.2) is 0 Å². The van der Waals surface area contributed by atoms with E-state index in [-0.39, 0.29) is 5.91 Å². The van der Waals surface area contributed by atoms with Crippen molar-refractivity contribution in [2.45, 2.75) is 6.92 Å². The molecule has 2 N–H and O–H groups in total. The lowest BCUT2D eigenvalue weighted by atomic mass is 10.2. The second-order valence-electron chi connectivity index (χ2n) is 4.60. The first-order chi connectivity index (χ1) is 10.2. The number of amides is 1. The van der Waals surface area contributed by atoms with E-state index in [0.29, 0.717) is 11.6 Å². The van der Waals surface area contributed by atoms with Crippen molar-refractivity contribution >= 4 is 22.8 Å². The summed E-state index contributed by atoms with van der Waals surface area (Å²) in [5, 5.41) is 2.67. The van der Waals surface area contributed by atoms with Gasteiger partial charge in [0.1, 0.15) is 11.6 Å². The van der Waals surface area contributed by atoms with Crippen molar-refractivity contribution in [1.82, 2.24) is 15.0 Å². The van der Waals surface area contributed by atoms with Gasteiger partial charge in [0.2, 0.25) is 5.91 Å². The van der Waals surface area contributed by atoms with Crippen molar-refractivity contribution in [1.29, 1.82) is 0 Å². The molecule has 3 rings (SSSR count). The quantitative estimate of drug-likeness (QED) is 0.773. The number of hydrogen-bond donors (Lipinski definition) is 2. The summed E-state index contributed by atoms with van der Waals surface area (Å²) in [6.45, 7) is 1.45. The van der Waals surface area contributed by atoms with Gasteiger partial charge in [0.25, 0.3) is 0 Å². The molecule has 0 radical (unpaired) electrons. The maximum absolute atomic E-state index is 11.1. The number of hydrogen-bond acceptors (Lipinski definition) is 4. The largest absolute Gasteiger partial charge is 0.495 e. The van der Waals surface area contributed by atoms with E-state index in [2.05, 4.69) is 20.3 Å². The van der Waals surface area contributed by atoms with Crippen molar-refractivity contribution in [3.05, 3.63) is 36.7 Å². The molecule has 21 heavy (non-hydrogen) atoms. The molecule has 0 aliphatic rings. The van der Waals surface area contributed by atoms with Gasteiger partial charge in [-0.2, -0.15) is 0 Å². The molecule has 0 aromatic carbocycles. The van der Waals surface area contributed by atoms with Gasteiger partial charge < -0.3 is 15.0 Å². The summed E-state index contributed by atoms with van der Waals surface area (Å²) in [6.07, 6.45) is 3.33. The van der Waals surface area contributed by atoms with Gasteiger partial charge >= 0.3 is 0 Å². The number of ether oxygens (including phenoxy) is 1. The Morgan fingerprint density at radius 1 is 1.29 bits per heavy atom. The third kappa shape index (κ3) is 2.69. The van der Waals surface area contributed by atoms with Crippen molar-refractivity contribution in [2.24, 2.45) is 0 Å². The zero-order valence-electron chi connectivity index (χ0n) is 11.7. The van der Waals surface area contributed by atoms with Crippen molar-refractivity contribution in [3.63, 3.8) is 0 Å². The van der Waals surface area contributed by atoms with Crippen LogP contribution in [0.25, 0.3) is 22.3 Å². The first-order valence-corrected chi connectivity index (χ1v) is 6.42. The molecule has 0 saturated carbocycles. The van der Waals surface area contributed by atoms with Crippen LogP contribution in [0.5, 0.6) is 5.75 Å². The van der Waals surface area contributed by atoms with E-state index in [1.54, 1.807) is 19.5 Å². The Balaban J connectivity index is 2.01. The molecular formula is C15H14N4O2. The summed E-state index contributed by atoms with van der Waals surface area (Å²) in [6, 6.07) is 7.51. The van der Waals surface area contributed by atoms with Gasteiger partial charge in [-0.25, -0.2) is 4.98 Å². The Morgan fingerprint density at radius 2 is 2.14 bits per heavy atom. The van der Waals surface area contributed by atoms with E-state index in [4.69, 9.17) is 4.74 Å². The fraction of sp³-hybridized carbons (Fsp3) is 0.133. The van der Waals surface area contributed by atoms with Gasteiger partial charge in [0.05, 0.1) is 24.3 Å². The molecule has 0 aliphatic carbocycles. The van der Waals surface area contributed by atoms with Crippen LogP contribution in [0.4, 0.5) is 5.82 Å². The highest BCUT2D eigenvalue weighted by Crippen LogP contribution is 2.26. The highest BCUT2D eigenvalue weighted by atomic mass is 16.5. The number of aromatic amines is 1. The third-order valence-electron chi connectivity index (χ3n) is 3.05.